The maximum absolute atomic E-state index is 13.2. The van der Waals surface area contributed by atoms with Gasteiger partial charge in [-0.1, -0.05) is 6.07 Å². The van der Waals surface area contributed by atoms with Crippen molar-refractivity contribution < 1.29 is 18.8 Å². The Bertz CT molecular complexity index is 827. The van der Waals surface area contributed by atoms with Gasteiger partial charge in [0.15, 0.2) is 0 Å². The Kier molecular flexibility index (Phi) is 4.51. The number of nitro groups is 1. The minimum Gasteiger partial charge on any atom is -0.488 e. The molecule has 7 nitrogen and oxygen atoms in total. The zero-order valence-corrected chi connectivity index (χ0v) is 13.2. The lowest BCUT2D eigenvalue weighted by Gasteiger charge is -2.18. The summed E-state index contributed by atoms with van der Waals surface area (Å²) in [6, 6.07) is 9.58. The van der Waals surface area contributed by atoms with E-state index in [1.54, 1.807) is 12.1 Å². The van der Waals surface area contributed by atoms with E-state index < -0.39 is 10.7 Å². The van der Waals surface area contributed by atoms with Crippen molar-refractivity contribution in [3.63, 3.8) is 0 Å². The third kappa shape index (κ3) is 3.68. The monoisotopic (exact) mass is 345 g/mol. The molecule has 0 aromatic heterocycles. The van der Waals surface area contributed by atoms with Crippen LogP contribution in [0.5, 0.6) is 5.75 Å². The third-order valence-electron chi connectivity index (χ3n) is 4.01. The summed E-state index contributed by atoms with van der Waals surface area (Å²) in [5, 5.41) is 10.9. The molecule has 2 N–H and O–H groups in total. The number of nitrogens with two attached hydrogens (primary N) is 1. The minimum atomic E-state index is -0.573. The first-order valence-electron chi connectivity index (χ1n) is 7.69. The van der Waals surface area contributed by atoms with Gasteiger partial charge >= 0.3 is 0 Å². The molecule has 8 heteroatoms. The molecule has 2 aromatic rings. The maximum Gasteiger partial charge on any atom is 0.270 e. The third-order valence-corrected chi connectivity index (χ3v) is 4.01. The number of nitro benzene ring substituents is 1. The SMILES string of the molecule is Nc1ccc([N+](=O)[O-])cc1C(=O)N1CC[C@@H](Oc2cccc(F)c2)C1. The van der Waals surface area contributed by atoms with E-state index in [9.17, 15) is 19.3 Å². The quantitative estimate of drug-likeness (QED) is 0.522. The second-order valence-electron chi connectivity index (χ2n) is 5.77. The van der Waals surface area contributed by atoms with Crippen LogP contribution in [0.3, 0.4) is 0 Å². The summed E-state index contributed by atoms with van der Waals surface area (Å²) in [4.78, 5) is 24.4. The smallest absolute Gasteiger partial charge is 0.270 e. The Labute approximate surface area is 143 Å². The molecule has 1 aliphatic rings. The molecule has 1 amide bonds. The Balaban J connectivity index is 1.70. The average Bonchev–Trinajstić information content (AvgIpc) is 3.03. The van der Waals surface area contributed by atoms with Crippen LogP contribution in [0.15, 0.2) is 42.5 Å². The molecule has 1 heterocycles. The molecule has 0 unspecified atom stereocenters. The number of anilines is 1. The lowest BCUT2D eigenvalue weighted by molar-refractivity contribution is -0.384. The van der Waals surface area contributed by atoms with Gasteiger partial charge in [0, 0.05) is 36.9 Å². The molecule has 0 radical (unpaired) electrons. The number of carbonyl (C=O) groups excluding carboxylic acids is 1. The number of nitrogens with zero attached hydrogens (tertiary/aromatic N) is 2. The molecule has 0 aliphatic carbocycles. The highest BCUT2D eigenvalue weighted by Gasteiger charge is 2.30. The molecule has 0 spiro atoms. The zero-order chi connectivity index (χ0) is 18.0. The molecule has 130 valence electrons. The van der Waals surface area contributed by atoms with E-state index in [-0.39, 0.29) is 28.9 Å². The molecule has 3 rings (SSSR count). The number of ether oxygens (including phenoxy) is 1. The summed E-state index contributed by atoms with van der Waals surface area (Å²) in [6.07, 6.45) is 0.308. The second-order valence-corrected chi connectivity index (χ2v) is 5.77. The van der Waals surface area contributed by atoms with E-state index in [0.29, 0.717) is 25.3 Å². The number of halogens is 1. The molecule has 1 aliphatic heterocycles. The fourth-order valence-electron chi connectivity index (χ4n) is 2.76. The molecule has 0 saturated carbocycles. The van der Waals surface area contributed by atoms with Crippen molar-refractivity contribution in [2.45, 2.75) is 12.5 Å². The normalized spacial score (nSPS) is 16.7. The fraction of sp³-hybridized carbons (Fsp3) is 0.235. The predicted octanol–water partition coefficient (Wildman–Crippen LogP) is 2.61. The van der Waals surface area contributed by atoms with Gasteiger partial charge in [-0.2, -0.15) is 0 Å². The summed E-state index contributed by atoms with van der Waals surface area (Å²) in [5.41, 5.74) is 5.88. The van der Waals surface area contributed by atoms with Crippen LogP contribution in [-0.4, -0.2) is 34.9 Å². The highest BCUT2D eigenvalue weighted by molar-refractivity contribution is 6.00. The number of non-ortho nitro benzene ring substituents is 1. The summed E-state index contributed by atoms with van der Waals surface area (Å²) >= 11 is 0. The van der Waals surface area contributed by atoms with Gasteiger partial charge in [0.2, 0.25) is 0 Å². The maximum atomic E-state index is 13.2. The van der Waals surface area contributed by atoms with Gasteiger partial charge in [-0.3, -0.25) is 14.9 Å². The molecular weight excluding hydrogens is 329 g/mol. The molecule has 25 heavy (non-hydrogen) atoms. The van der Waals surface area contributed by atoms with E-state index in [2.05, 4.69) is 0 Å². The van der Waals surface area contributed by atoms with Gasteiger partial charge in [-0.15, -0.1) is 0 Å². The number of hydrogen-bond acceptors (Lipinski definition) is 5. The van der Waals surface area contributed by atoms with Gasteiger partial charge < -0.3 is 15.4 Å². The topological polar surface area (TPSA) is 98.7 Å². The van der Waals surface area contributed by atoms with Crippen LogP contribution in [0, 0.1) is 15.9 Å². The summed E-state index contributed by atoms with van der Waals surface area (Å²) < 4.78 is 18.9. The predicted molar refractivity (Wildman–Crippen MR) is 88.8 cm³/mol. The lowest BCUT2D eigenvalue weighted by atomic mass is 10.1. The van der Waals surface area contributed by atoms with Crippen molar-refractivity contribution in [3.8, 4) is 5.75 Å². The number of rotatable bonds is 4. The highest BCUT2D eigenvalue weighted by Crippen LogP contribution is 2.24. The first kappa shape index (κ1) is 16.7. The van der Waals surface area contributed by atoms with Crippen molar-refractivity contribution in [1.29, 1.82) is 0 Å². The van der Waals surface area contributed by atoms with Crippen molar-refractivity contribution in [2.75, 3.05) is 18.8 Å². The van der Waals surface area contributed by atoms with E-state index in [1.165, 1.54) is 35.2 Å². The standard InChI is InChI=1S/C17H16FN3O4/c18-11-2-1-3-13(8-11)25-14-6-7-20(10-14)17(22)15-9-12(21(23)24)4-5-16(15)19/h1-5,8-9,14H,6-7,10,19H2/t14-/m1/s1. The largest absolute Gasteiger partial charge is 0.488 e. The summed E-state index contributed by atoms with van der Waals surface area (Å²) in [5.74, 6) is -0.381. The minimum absolute atomic E-state index is 0.0978. The molecule has 1 atom stereocenters. The molecule has 1 saturated heterocycles. The van der Waals surface area contributed by atoms with Crippen LogP contribution < -0.4 is 10.5 Å². The zero-order valence-electron chi connectivity index (χ0n) is 13.2. The van der Waals surface area contributed by atoms with Gasteiger partial charge in [-0.05, 0) is 18.2 Å². The average molecular weight is 345 g/mol. The lowest BCUT2D eigenvalue weighted by Crippen LogP contribution is -2.31. The fourth-order valence-corrected chi connectivity index (χ4v) is 2.76. The second kappa shape index (κ2) is 6.76. The Morgan fingerprint density at radius 1 is 1.32 bits per heavy atom. The number of amides is 1. The first-order valence-corrected chi connectivity index (χ1v) is 7.69. The Hall–Kier alpha value is -3.16. The Morgan fingerprint density at radius 3 is 2.84 bits per heavy atom. The molecule has 1 fully saturated rings. The number of carbonyl (C=O) groups is 1. The van der Waals surface area contributed by atoms with Crippen molar-refractivity contribution >= 4 is 17.3 Å². The van der Waals surface area contributed by atoms with E-state index >= 15 is 0 Å². The van der Waals surface area contributed by atoms with Crippen LogP contribution in [0.25, 0.3) is 0 Å². The number of nitrogen functional groups attached to an aromatic ring is 1. The summed E-state index contributed by atoms with van der Waals surface area (Å²) in [7, 11) is 0. The number of benzene rings is 2. The van der Waals surface area contributed by atoms with Crippen LogP contribution >= 0.6 is 0 Å². The van der Waals surface area contributed by atoms with Crippen molar-refractivity contribution in [1.82, 2.24) is 4.90 Å². The van der Waals surface area contributed by atoms with Crippen LogP contribution in [0.4, 0.5) is 15.8 Å². The van der Waals surface area contributed by atoms with E-state index in [4.69, 9.17) is 10.5 Å². The van der Waals surface area contributed by atoms with Crippen LogP contribution in [-0.2, 0) is 0 Å². The van der Waals surface area contributed by atoms with E-state index in [1.807, 2.05) is 0 Å². The van der Waals surface area contributed by atoms with Crippen LogP contribution in [0.2, 0.25) is 0 Å². The van der Waals surface area contributed by atoms with Gasteiger partial charge in [0.25, 0.3) is 11.6 Å². The number of likely N-dealkylation sites (tertiary alicyclic amines) is 1. The van der Waals surface area contributed by atoms with Gasteiger partial charge in [0.05, 0.1) is 17.0 Å². The summed E-state index contributed by atoms with van der Waals surface area (Å²) in [6.45, 7) is 0.735. The van der Waals surface area contributed by atoms with Gasteiger partial charge in [-0.25, -0.2) is 4.39 Å². The van der Waals surface area contributed by atoms with Crippen molar-refractivity contribution in [3.05, 3.63) is 64.0 Å². The van der Waals surface area contributed by atoms with E-state index in [0.717, 1.165) is 0 Å². The Morgan fingerprint density at radius 2 is 2.12 bits per heavy atom. The van der Waals surface area contributed by atoms with Gasteiger partial charge in [0.1, 0.15) is 17.7 Å². The number of hydrogen-bond donors (Lipinski definition) is 1. The van der Waals surface area contributed by atoms with Crippen LogP contribution in [0.1, 0.15) is 16.8 Å². The first-order chi connectivity index (χ1) is 11.9. The molecule has 2 aromatic carbocycles. The molecule has 0 bridgehead atoms. The molecular formula is C17H16FN3O4. The highest BCUT2D eigenvalue weighted by atomic mass is 19.1. The van der Waals surface area contributed by atoms with Crippen molar-refractivity contribution in [2.24, 2.45) is 0 Å².